The molecule has 4 rings (SSSR count). The monoisotopic (exact) mass is 498 g/mol. The highest BCUT2D eigenvalue weighted by atomic mass is 35.5. The van der Waals surface area contributed by atoms with Crippen molar-refractivity contribution in [2.24, 2.45) is 28.6 Å². The molecule has 3 fully saturated rings. The van der Waals surface area contributed by atoms with Gasteiger partial charge in [-0.05, 0) is 74.5 Å². The fraction of sp³-hybridized carbons (Fsp3) is 0.720. The molecule has 0 aromatic carbocycles. The average molecular weight is 499 g/mol. The normalized spacial score (nSPS) is 40.2. The second-order valence-electron chi connectivity index (χ2n) is 10.5. The minimum atomic E-state index is -1.67. The SMILES string of the molecule is CC(OC(=O)O[C@@H]1CC[C@H]2[C@@H]3C[C@H](F)C4=CC(=O)C=C[C@]4(C)[C@H]3CC[C@]12C)C(O)C(=O)OCCl. The molecule has 0 bridgehead atoms. The van der Waals surface area contributed by atoms with E-state index < -0.39 is 48.1 Å². The molecule has 34 heavy (non-hydrogen) atoms. The molecule has 0 aromatic rings. The maximum absolute atomic E-state index is 15.3. The van der Waals surface area contributed by atoms with E-state index in [4.69, 9.17) is 21.1 Å². The Morgan fingerprint density at radius 2 is 2.00 bits per heavy atom. The number of aliphatic hydroxyl groups excluding tert-OH is 1. The van der Waals surface area contributed by atoms with Gasteiger partial charge in [0.15, 0.2) is 18.0 Å². The summed E-state index contributed by atoms with van der Waals surface area (Å²) in [6, 6.07) is -0.417. The topological polar surface area (TPSA) is 99.1 Å². The van der Waals surface area contributed by atoms with Gasteiger partial charge in [0.05, 0.1) is 0 Å². The van der Waals surface area contributed by atoms with Crippen LogP contribution in [0.15, 0.2) is 23.8 Å². The highest BCUT2D eigenvalue weighted by Crippen LogP contribution is 2.65. The van der Waals surface area contributed by atoms with Crippen molar-refractivity contribution in [1.82, 2.24) is 0 Å². The smallest absolute Gasteiger partial charge is 0.447 e. The second-order valence-corrected chi connectivity index (χ2v) is 10.7. The Labute approximate surface area is 203 Å². The maximum Gasteiger partial charge on any atom is 0.508 e. The number of aliphatic hydroxyl groups is 1. The van der Waals surface area contributed by atoms with E-state index in [1.807, 2.05) is 13.0 Å². The van der Waals surface area contributed by atoms with Crippen molar-refractivity contribution in [1.29, 1.82) is 0 Å². The molecule has 9 heteroatoms. The molecule has 0 amide bonds. The van der Waals surface area contributed by atoms with E-state index in [1.54, 1.807) is 6.08 Å². The molecule has 0 heterocycles. The van der Waals surface area contributed by atoms with E-state index in [2.05, 4.69) is 11.7 Å². The Balaban J connectivity index is 1.44. The van der Waals surface area contributed by atoms with Crippen LogP contribution in [0, 0.1) is 28.6 Å². The fourth-order valence-corrected chi connectivity index (χ4v) is 7.14. The Hall–Kier alpha value is -1.93. The maximum atomic E-state index is 15.3. The number of hydrogen-bond donors (Lipinski definition) is 1. The molecule has 0 radical (unpaired) electrons. The van der Waals surface area contributed by atoms with Gasteiger partial charge in [-0.3, -0.25) is 4.79 Å². The van der Waals surface area contributed by atoms with Gasteiger partial charge in [-0.15, -0.1) is 0 Å². The first kappa shape index (κ1) is 25.2. The van der Waals surface area contributed by atoms with E-state index in [0.29, 0.717) is 18.4 Å². The molecule has 7 nitrogen and oxygen atoms in total. The third-order valence-corrected chi connectivity index (χ3v) is 8.96. The summed E-state index contributed by atoms with van der Waals surface area (Å²) in [5.74, 6) is -0.628. The van der Waals surface area contributed by atoms with Crippen LogP contribution in [0.2, 0.25) is 0 Å². The molecular formula is C25H32ClFO7. The molecule has 0 aromatic heterocycles. The molecule has 0 spiro atoms. The zero-order valence-electron chi connectivity index (χ0n) is 19.7. The highest BCUT2D eigenvalue weighted by Gasteiger charge is 2.61. The number of esters is 1. The number of alkyl halides is 2. The Bertz CT molecular complexity index is 919. The number of rotatable bonds is 5. The van der Waals surface area contributed by atoms with E-state index in [-0.39, 0.29) is 29.0 Å². The Morgan fingerprint density at radius 3 is 2.71 bits per heavy atom. The standard InChI is InChI=1S/C25H32ClFO7/c1-13(21(29)22(30)32-12-26)33-23(31)34-20-5-4-16-15-11-19(27)18-10-14(28)6-8-24(18,2)17(15)7-9-25(16,20)3/h6,8,10,13,15-17,19-21,29H,4-5,7,9,11-12H2,1-3H3/t13?,15-,16-,17-,19-,20+,21?,24+,25-/m0/s1. The molecule has 9 atom stereocenters. The lowest BCUT2D eigenvalue weighted by Crippen LogP contribution is -2.53. The molecule has 4 aliphatic carbocycles. The molecule has 4 aliphatic rings. The van der Waals surface area contributed by atoms with Crippen molar-refractivity contribution in [3.05, 3.63) is 23.8 Å². The van der Waals surface area contributed by atoms with Gasteiger partial charge in [-0.25, -0.2) is 14.0 Å². The van der Waals surface area contributed by atoms with Crippen molar-refractivity contribution >= 4 is 29.5 Å². The lowest BCUT2D eigenvalue weighted by atomic mass is 9.48. The summed E-state index contributed by atoms with van der Waals surface area (Å²) >= 11 is 5.32. The van der Waals surface area contributed by atoms with Crippen LogP contribution in [0.25, 0.3) is 0 Å². The van der Waals surface area contributed by atoms with Crippen LogP contribution in [0.4, 0.5) is 9.18 Å². The highest BCUT2D eigenvalue weighted by molar-refractivity contribution is 6.17. The summed E-state index contributed by atoms with van der Waals surface area (Å²) in [6.45, 7) is 5.50. The van der Waals surface area contributed by atoms with E-state index >= 15 is 4.39 Å². The number of halogens is 2. The van der Waals surface area contributed by atoms with Crippen molar-refractivity contribution in [3.8, 4) is 0 Å². The van der Waals surface area contributed by atoms with Crippen LogP contribution in [0.5, 0.6) is 0 Å². The predicted molar refractivity (Wildman–Crippen MR) is 121 cm³/mol. The van der Waals surface area contributed by atoms with Gasteiger partial charge in [0.1, 0.15) is 18.4 Å². The summed E-state index contributed by atoms with van der Waals surface area (Å²) in [5.41, 5.74) is -0.205. The average Bonchev–Trinajstić information content (AvgIpc) is 3.11. The Kier molecular flexibility index (Phi) is 6.86. The molecule has 1 N–H and O–H groups in total. The van der Waals surface area contributed by atoms with Crippen molar-refractivity contribution in [2.75, 3.05) is 6.07 Å². The van der Waals surface area contributed by atoms with Gasteiger partial charge in [-0.1, -0.05) is 31.5 Å². The largest absolute Gasteiger partial charge is 0.508 e. The second kappa shape index (κ2) is 9.26. The number of carbonyl (C=O) groups excluding carboxylic acids is 3. The summed E-state index contributed by atoms with van der Waals surface area (Å²) in [4.78, 5) is 36.0. The predicted octanol–water partition coefficient (Wildman–Crippen LogP) is 4.25. The molecule has 3 saturated carbocycles. The molecule has 188 valence electrons. The van der Waals surface area contributed by atoms with Crippen LogP contribution in [0.3, 0.4) is 0 Å². The molecule has 2 unspecified atom stereocenters. The number of fused-ring (bicyclic) bond motifs is 5. The third-order valence-electron chi connectivity index (χ3n) is 8.85. The van der Waals surface area contributed by atoms with Gasteiger partial charge in [0.25, 0.3) is 0 Å². The first-order valence-electron chi connectivity index (χ1n) is 11.9. The van der Waals surface area contributed by atoms with E-state index in [9.17, 15) is 19.5 Å². The zero-order chi connectivity index (χ0) is 24.8. The van der Waals surface area contributed by atoms with Crippen LogP contribution in [-0.2, 0) is 23.8 Å². The first-order valence-corrected chi connectivity index (χ1v) is 12.4. The summed E-state index contributed by atoms with van der Waals surface area (Å²) in [6.07, 6.45) is 3.01. The summed E-state index contributed by atoms with van der Waals surface area (Å²) in [7, 11) is 0. The lowest BCUT2D eigenvalue weighted by Gasteiger charge is -2.57. The fourth-order valence-electron chi connectivity index (χ4n) is 7.04. The van der Waals surface area contributed by atoms with Crippen LogP contribution in [0.1, 0.15) is 52.9 Å². The van der Waals surface area contributed by atoms with Crippen LogP contribution >= 0.6 is 11.6 Å². The van der Waals surface area contributed by atoms with E-state index in [1.165, 1.54) is 13.0 Å². The van der Waals surface area contributed by atoms with Gasteiger partial charge in [0.2, 0.25) is 0 Å². The van der Waals surface area contributed by atoms with Gasteiger partial charge in [-0.2, -0.15) is 0 Å². The molecule has 0 saturated heterocycles. The van der Waals surface area contributed by atoms with Gasteiger partial charge in [0, 0.05) is 10.8 Å². The number of ketones is 1. The number of hydrogen-bond acceptors (Lipinski definition) is 7. The summed E-state index contributed by atoms with van der Waals surface area (Å²) in [5, 5.41) is 9.92. The van der Waals surface area contributed by atoms with Crippen molar-refractivity contribution < 1.29 is 38.1 Å². The van der Waals surface area contributed by atoms with E-state index in [0.717, 1.165) is 19.3 Å². The third kappa shape index (κ3) is 4.17. The Morgan fingerprint density at radius 1 is 1.26 bits per heavy atom. The van der Waals surface area contributed by atoms with Crippen molar-refractivity contribution in [2.45, 2.75) is 77.4 Å². The first-order chi connectivity index (χ1) is 16.0. The van der Waals surface area contributed by atoms with Gasteiger partial charge >= 0.3 is 12.1 Å². The molecule has 0 aliphatic heterocycles. The van der Waals surface area contributed by atoms with Crippen LogP contribution in [-0.4, -0.2) is 53.6 Å². The number of allylic oxidation sites excluding steroid dienone is 4. The minimum Gasteiger partial charge on any atom is -0.447 e. The van der Waals surface area contributed by atoms with Crippen LogP contribution < -0.4 is 0 Å². The van der Waals surface area contributed by atoms with Crippen molar-refractivity contribution in [3.63, 3.8) is 0 Å². The zero-order valence-corrected chi connectivity index (χ0v) is 20.4. The minimum absolute atomic E-state index is 0.115. The number of carbonyl (C=O) groups is 3. The van der Waals surface area contributed by atoms with Gasteiger partial charge < -0.3 is 19.3 Å². The summed E-state index contributed by atoms with van der Waals surface area (Å²) < 4.78 is 30.6. The lowest BCUT2D eigenvalue weighted by molar-refractivity contribution is -0.158. The quantitative estimate of drug-likeness (QED) is 0.446. The molecular weight excluding hydrogens is 467 g/mol. The number of ether oxygens (including phenoxy) is 3.